The third-order valence-corrected chi connectivity index (χ3v) is 6.56. The van der Waals surface area contributed by atoms with E-state index in [1.54, 1.807) is 55.9 Å². The Morgan fingerprint density at radius 3 is 2.61 bits per heavy atom. The molecule has 1 N–H and O–H groups in total. The van der Waals surface area contributed by atoms with Gasteiger partial charge in [-0.3, -0.25) is 19.5 Å². The number of aromatic nitrogens is 2. The number of ketones is 1. The Morgan fingerprint density at radius 1 is 1.12 bits per heavy atom. The van der Waals surface area contributed by atoms with Crippen LogP contribution >= 0.6 is 11.3 Å². The smallest absolute Gasteiger partial charge is 0.301 e. The number of ether oxygens (including phenoxy) is 1. The first-order valence-corrected chi connectivity index (χ1v) is 11.0. The maximum atomic E-state index is 13.2. The molecule has 0 spiro atoms. The van der Waals surface area contributed by atoms with Crippen molar-refractivity contribution in [3.8, 4) is 5.75 Å². The number of pyridine rings is 1. The van der Waals surface area contributed by atoms with Crippen molar-refractivity contribution in [1.29, 1.82) is 0 Å². The molecule has 1 aliphatic rings. The molecular formula is C25H19N3O4S. The van der Waals surface area contributed by atoms with Gasteiger partial charge < -0.3 is 9.84 Å². The van der Waals surface area contributed by atoms with Gasteiger partial charge in [0.1, 0.15) is 11.5 Å². The minimum Gasteiger partial charge on any atom is -0.507 e. The van der Waals surface area contributed by atoms with Crippen LogP contribution < -0.4 is 9.64 Å². The van der Waals surface area contributed by atoms with Crippen LogP contribution in [-0.4, -0.2) is 33.9 Å². The molecule has 0 unspecified atom stereocenters. The normalized spacial score (nSPS) is 17.6. The second-order valence-corrected chi connectivity index (χ2v) is 8.66. The Kier molecular flexibility index (Phi) is 5.14. The summed E-state index contributed by atoms with van der Waals surface area (Å²) >= 11 is 1.33. The molecule has 1 saturated heterocycles. The van der Waals surface area contributed by atoms with Gasteiger partial charge in [0, 0.05) is 18.0 Å². The Labute approximate surface area is 193 Å². The quantitative estimate of drug-likeness (QED) is 0.273. The lowest BCUT2D eigenvalue weighted by atomic mass is 9.96. The van der Waals surface area contributed by atoms with Crippen molar-refractivity contribution in [2.24, 2.45) is 0 Å². The van der Waals surface area contributed by atoms with E-state index in [0.717, 1.165) is 15.8 Å². The van der Waals surface area contributed by atoms with Gasteiger partial charge in [0.15, 0.2) is 5.13 Å². The zero-order valence-electron chi connectivity index (χ0n) is 17.9. The second-order valence-electron chi connectivity index (χ2n) is 7.65. The molecule has 33 heavy (non-hydrogen) atoms. The number of methoxy groups -OCH3 is 1. The Balaban J connectivity index is 1.70. The number of benzene rings is 2. The maximum absolute atomic E-state index is 13.2. The SMILES string of the molecule is COc1ccc(C(O)=C2C(=O)C(=O)N(c3nc4ccc(C)cc4s3)[C@@H]2c2cccnc2)cc1. The molecule has 2 aromatic carbocycles. The Hall–Kier alpha value is -4.04. The number of carbonyl (C=O) groups excluding carboxylic acids is 2. The van der Waals surface area contributed by atoms with Gasteiger partial charge in [-0.2, -0.15) is 0 Å². The highest BCUT2D eigenvalue weighted by Gasteiger charge is 2.48. The van der Waals surface area contributed by atoms with Crippen LogP contribution in [0.5, 0.6) is 5.75 Å². The van der Waals surface area contributed by atoms with E-state index in [1.807, 2.05) is 25.1 Å². The molecule has 2 aromatic heterocycles. The molecule has 7 nitrogen and oxygen atoms in total. The monoisotopic (exact) mass is 457 g/mol. The molecule has 1 amide bonds. The van der Waals surface area contributed by atoms with Gasteiger partial charge in [0.2, 0.25) is 0 Å². The fourth-order valence-corrected chi connectivity index (χ4v) is 5.00. The van der Waals surface area contributed by atoms with E-state index in [0.29, 0.717) is 22.0 Å². The van der Waals surface area contributed by atoms with E-state index in [4.69, 9.17) is 4.74 Å². The molecule has 8 heteroatoms. The maximum Gasteiger partial charge on any atom is 0.301 e. The number of hydrogen-bond donors (Lipinski definition) is 1. The van der Waals surface area contributed by atoms with E-state index in [2.05, 4.69) is 9.97 Å². The van der Waals surface area contributed by atoms with E-state index >= 15 is 0 Å². The predicted molar refractivity (Wildman–Crippen MR) is 126 cm³/mol. The zero-order chi connectivity index (χ0) is 23.1. The van der Waals surface area contributed by atoms with Crippen LogP contribution in [0.3, 0.4) is 0 Å². The molecular weight excluding hydrogens is 438 g/mol. The van der Waals surface area contributed by atoms with Crippen LogP contribution in [0.1, 0.15) is 22.7 Å². The van der Waals surface area contributed by atoms with Crippen LogP contribution in [0.15, 0.2) is 72.6 Å². The summed E-state index contributed by atoms with van der Waals surface area (Å²) in [5, 5.41) is 11.5. The summed E-state index contributed by atoms with van der Waals surface area (Å²) in [5.41, 5.74) is 2.81. The predicted octanol–water partition coefficient (Wildman–Crippen LogP) is 4.63. The summed E-state index contributed by atoms with van der Waals surface area (Å²) in [6.45, 7) is 1.98. The van der Waals surface area contributed by atoms with E-state index in [9.17, 15) is 14.7 Å². The van der Waals surface area contributed by atoms with Crippen LogP contribution in [-0.2, 0) is 9.59 Å². The Morgan fingerprint density at radius 2 is 1.91 bits per heavy atom. The highest BCUT2D eigenvalue weighted by Crippen LogP contribution is 2.44. The minimum atomic E-state index is -0.859. The number of rotatable bonds is 4. The largest absolute Gasteiger partial charge is 0.507 e. The van der Waals surface area contributed by atoms with Crippen molar-refractivity contribution in [2.45, 2.75) is 13.0 Å². The number of aliphatic hydroxyl groups is 1. The van der Waals surface area contributed by atoms with E-state index in [1.165, 1.54) is 16.2 Å². The summed E-state index contributed by atoms with van der Waals surface area (Å²) in [5.74, 6) is -1.16. The molecule has 0 radical (unpaired) electrons. The molecule has 1 aliphatic heterocycles. The molecule has 4 aromatic rings. The summed E-state index contributed by atoms with van der Waals surface area (Å²) < 4.78 is 6.08. The molecule has 5 rings (SSSR count). The topological polar surface area (TPSA) is 92.6 Å². The number of hydrogen-bond acceptors (Lipinski definition) is 7. The van der Waals surface area contributed by atoms with Crippen LogP contribution in [0.4, 0.5) is 5.13 Å². The van der Waals surface area contributed by atoms with Crippen molar-refractivity contribution in [3.05, 3.63) is 89.3 Å². The third-order valence-electron chi connectivity index (χ3n) is 5.55. The van der Waals surface area contributed by atoms with Gasteiger partial charge in [0.25, 0.3) is 5.78 Å². The first kappa shape index (κ1) is 20.8. The highest BCUT2D eigenvalue weighted by atomic mass is 32.1. The van der Waals surface area contributed by atoms with Crippen molar-refractivity contribution in [2.75, 3.05) is 12.0 Å². The number of thiazole rings is 1. The molecule has 3 heterocycles. The molecule has 164 valence electrons. The number of fused-ring (bicyclic) bond motifs is 1. The first-order chi connectivity index (χ1) is 16.0. The lowest BCUT2D eigenvalue weighted by molar-refractivity contribution is -0.132. The molecule has 0 saturated carbocycles. The first-order valence-electron chi connectivity index (χ1n) is 10.2. The van der Waals surface area contributed by atoms with Gasteiger partial charge in [-0.1, -0.05) is 23.5 Å². The standard InChI is InChI=1S/C25H19N3O4S/c1-14-5-10-18-19(12-14)33-25(27-18)28-21(16-4-3-11-26-13-16)20(23(30)24(28)31)22(29)15-6-8-17(32-2)9-7-15/h3-13,21,29H,1-2H3/t21-/m1/s1. The fraction of sp³-hybridized carbons (Fsp3) is 0.120. The van der Waals surface area contributed by atoms with Gasteiger partial charge >= 0.3 is 5.91 Å². The number of aliphatic hydroxyl groups excluding tert-OH is 1. The van der Waals surface area contributed by atoms with Crippen LogP contribution in [0.2, 0.25) is 0 Å². The summed E-state index contributed by atoms with van der Waals surface area (Å²) in [6, 6.07) is 15.1. The van der Waals surface area contributed by atoms with Gasteiger partial charge in [-0.05, 0) is 60.5 Å². The number of nitrogens with zero attached hydrogens (tertiary/aromatic N) is 3. The van der Waals surface area contributed by atoms with Crippen molar-refractivity contribution in [1.82, 2.24) is 9.97 Å². The third kappa shape index (κ3) is 3.54. The number of carbonyl (C=O) groups is 2. The van der Waals surface area contributed by atoms with Gasteiger partial charge in [-0.25, -0.2) is 4.98 Å². The van der Waals surface area contributed by atoms with Gasteiger partial charge in [0.05, 0.1) is 28.9 Å². The van der Waals surface area contributed by atoms with Gasteiger partial charge in [-0.15, -0.1) is 0 Å². The minimum absolute atomic E-state index is 0.00592. The molecule has 0 bridgehead atoms. The van der Waals surface area contributed by atoms with Crippen LogP contribution in [0, 0.1) is 6.92 Å². The number of amides is 1. The summed E-state index contributed by atoms with van der Waals surface area (Å²) in [7, 11) is 1.54. The molecule has 1 fully saturated rings. The number of aryl methyl sites for hydroxylation is 1. The van der Waals surface area contributed by atoms with E-state index in [-0.39, 0.29) is 11.3 Å². The van der Waals surface area contributed by atoms with Crippen LogP contribution in [0.25, 0.3) is 16.0 Å². The average Bonchev–Trinajstić information content (AvgIpc) is 3.37. The number of anilines is 1. The summed E-state index contributed by atoms with van der Waals surface area (Å²) in [6.07, 6.45) is 3.20. The van der Waals surface area contributed by atoms with Crippen molar-refractivity contribution in [3.63, 3.8) is 0 Å². The van der Waals surface area contributed by atoms with Crippen molar-refractivity contribution >= 4 is 44.1 Å². The highest BCUT2D eigenvalue weighted by molar-refractivity contribution is 7.22. The van der Waals surface area contributed by atoms with E-state index < -0.39 is 17.7 Å². The summed E-state index contributed by atoms with van der Waals surface area (Å²) in [4.78, 5) is 36.6. The average molecular weight is 458 g/mol. The second kappa shape index (κ2) is 8.14. The lowest BCUT2D eigenvalue weighted by Gasteiger charge is -2.22. The molecule has 0 aliphatic carbocycles. The van der Waals surface area contributed by atoms with Crippen molar-refractivity contribution < 1.29 is 19.4 Å². The Bertz CT molecular complexity index is 1410. The fourth-order valence-electron chi connectivity index (χ4n) is 3.91. The lowest BCUT2D eigenvalue weighted by Crippen LogP contribution is -2.29. The molecule has 1 atom stereocenters. The zero-order valence-corrected chi connectivity index (χ0v) is 18.7. The number of Topliss-reactive ketones (excluding diaryl/α,β-unsaturated/α-hetero) is 1.